The van der Waals surface area contributed by atoms with E-state index in [4.69, 9.17) is 11.6 Å². The van der Waals surface area contributed by atoms with E-state index in [2.05, 4.69) is 27.2 Å². The summed E-state index contributed by atoms with van der Waals surface area (Å²) in [5, 5.41) is 4.15. The molecule has 1 N–H and O–H groups in total. The molecule has 12 heavy (non-hydrogen) atoms. The molecule has 1 rings (SSSR count). The summed E-state index contributed by atoms with van der Waals surface area (Å²) in [6.07, 6.45) is 2.08. The molecular weight excluding hydrogens is 214 g/mol. The molecule has 0 aliphatic heterocycles. The molecule has 0 aliphatic rings. The summed E-state index contributed by atoms with van der Waals surface area (Å²) in [6, 6.07) is 0. The van der Waals surface area contributed by atoms with Crippen molar-refractivity contribution in [1.82, 2.24) is 8.75 Å². The van der Waals surface area contributed by atoms with E-state index >= 15 is 0 Å². The molecule has 0 saturated carbocycles. The molecule has 0 bridgehead atoms. The zero-order valence-corrected chi connectivity index (χ0v) is 9.26. The standard InChI is InChI=1S/C6H10ClN3S2/c1-4(11-2)3-8-6-5(7)9-12-10-6/h4H,3H2,1-2H3,(H,8,10). The highest BCUT2D eigenvalue weighted by molar-refractivity contribution is 7.99. The summed E-state index contributed by atoms with van der Waals surface area (Å²) in [5.41, 5.74) is 0. The Morgan fingerprint density at radius 3 is 2.92 bits per heavy atom. The van der Waals surface area contributed by atoms with Gasteiger partial charge in [0.2, 0.25) is 0 Å². The first-order valence-electron chi connectivity index (χ1n) is 3.48. The van der Waals surface area contributed by atoms with Gasteiger partial charge in [-0.05, 0) is 6.26 Å². The lowest BCUT2D eigenvalue weighted by Crippen LogP contribution is -2.12. The molecule has 1 aromatic heterocycles. The highest BCUT2D eigenvalue weighted by Crippen LogP contribution is 2.18. The van der Waals surface area contributed by atoms with E-state index in [1.807, 2.05) is 0 Å². The second kappa shape index (κ2) is 4.89. The Kier molecular flexibility index (Phi) is 4.11. The van der Waals surface area contributed by atoms with Gasteiger partial charge < -0.3 is 5.32 Å². The van der Waals surface area contributed by atoms with Gasteiger partial charge in [0.1, 0.15) is 0 Å². The van der Waals surface area contributed by atoms with Crippen LogP contribution in [0.3, 0.4) is 0 Å². The quantitative estimate of drug-likeness (QED) is 0.851. The summed E-state index contributed by atoms with van der Waals surface area (Å²) in [5.74, 6) is 0.697. The van der Waals surface area contributed by atoms with Crippen molar-refractivity contribution in [2.24, 2.45) is 0 Å². The molecule has 68 valence electrons. The molecule has 0 radical (unpaired) electrons. The van der Waals surface area contributed by atoms with E-state index < -0.39 is 0 Å². The molecule has 0 saturated heterocycles. The number of hydrogen-bond donors (Lipinski definition) is 1. The Morgan fingerprint density at radius 2 is 2.42 bits per heavy atom. The smallest absolute Gasteiger partial charge is 0.186 e. The van der Waals surface area contributed by atoms with Gasteiger partial charge in [0.05, 0.1) is 11.7 Å². The number of anilines is 1. The fourth-order valence-electron chi connectivity index (χ4n) is 0.607. The Labute approximate surface area is 85.2 Å². The average molecular weight is 224 g/mol. The summed E-state index contributed by atoms with van der Waals surface area (Å²) in [7, 11) is 0. The number of thioether (sulfide) groups is 1. The summed E-state index contributed by atoms with van der Waals surface area (Å²) in [4.78, 5) is 0. The van der Waals surface area contributed by atoms with Gasteiger partial charge in [0, 0.05) is 11.8 Å². The summed E-state index contributed by atoms with van der Waals surface area (Å²) in [6.45, 7) is 3.01. The van der Waals surface area contributed by atoms with Gasteiger partial charge in [0.25, 0.3) is 0 Å². The highest BCUT2D eigenvalue weighted by Gasteiger charge is 2.05. The van der Waals surface area contributed by atoms with Crippen molar-refractivity contribution < 1.29 is 0 Å². The first-order chi connectivity index (χ1) is 5.74. The molecule has 1 unspecified atom stereocenters. The third-order valence-corrected chi connectivity index (χ3v) is 3.27. The maximum absolute atomic E-state index is 5.73. The van der Waals surface area contributed by atoms with E-state index in [-0.39, 0.29) is 0 Å². The fourth-order valence-corrected chi connectivity index (χ4v) is 1.54. The third kappa shape index (κ3) is 2.80. The van der Waals surface area contributed by atoms with Crippen molar-refractivity contribution in [3.05, 3.63) is 5.15 Å². The van der Waals surface area contributed by atoms with Crippen LogP contribution in [-0.4, -0.2) is 26.8 Å². The minimum absolute atomic E-state index is 0.466. The zero-order chi connectivity index (χ0) is 8.97. The number of hydrogen-bond acceptors (Lipinski definition) is 5. The Bertz CT molecular complexity index is 240. The van der Waals surface area contributed by atoms with Crippen molar-refractivity contribution in [3.63, 3.8) is 0 Å². The first-order valence-corrected chi connectivity index (χ1v) is 5.88. The lowest BCUT2D eigenvalue weighted by Gasteiger charge is -2.07. The van der Waals surface area contributed by atoms with Gasteiger partial charge in [-0.3, -0.25) is 0 Å². The molecule has 6 heteroatoms. The van der Waals surface area contributed by atoms with Crippen molar-refractivity contribution in [2.75, 3.05) is 18.1 Å². The number of rotatable bonds is 4. The monoisotopic (exact) mass is 223 g/mol. The second-order valence-electron chi connectivity index (χ2n) is 2.33. The maximum Gasteiger partial charge on any atom is 0.186 e. The molecule has 0 fully saturated rings. The molecule has 1 heterocycles. The van der Waals surface area contributed by atoms with Crippen LogP contribution in [0.1, 0.15) is 6.92 Å². The van der Waals surface area contributed by atoms with Crippen LogP contribution in [0.4, 0.5) is 5.82 Å². The first kappa shape index (κ1) is 10.1. The van der Waals surface area contributed by atoms with Crippen LogP contribution in [-0.2, 0) is 0 Å². The number of aromatic nitrogens is 2. The third-order valence-electron chi connectivity index (χ3n) is 1.41. The van der Waals surface area contributed by atoms with Crippen LogP contribution < -0.4 is 5.32 Å². The fraction of sp³-hybridized carbons (Fsp3) is 0.667. The molecule has 0 aliphatic carbocycles. The molecule has 0 amide bonds. The Morgan fingerprint density at radius 1 is 1.67 bits per heavy atom. The molecule has 0 aromatic carbocycles. The molecule has 1 atom stereocenters. The summed E-state index contributed by atoms with van der Waals surface area (Å²) >= 11 is 8.66. The maximum atomic E-state index is 5.73. The van der Waals surface area contributed by atoms with E-state index in [9.17, 15) is 0 Å². The zero-order valence-electron chi connectivity index (χ0n) is 6.87. The van der Waals surface area contributed by atoms with Gasteiger partial charge in [-0.1, -0.05) is 18.5 Å². The minimum Gasteiger partial charge on any atom is -0.366 e. The van der Waals surface area contributed by atoms with Gasteiger partial charge in [-0.2, -0.15) is 20.5 Å². The Hall–Kier alpha value is -0.0000000000000000555. The van der Waals surface area contributed by atoms with Crippen molar-refractivity contribution in [2.45, 2.75) is 12.2 Å². The number of halogens is 1. The van der Waals surface area contributed by atoms with Crippen LogP contribution in [0.2, 0.25) is 5.15 Å². The SMILES string of the molecule is CSC(C)CNc1nsnc1Cl. The normalized spacial score (nSPS) is 12.9. The molecule has 1 aromatic rings. The largest absolute Gasteiger partial charge is 0.366 e. The van der Waals surface area contributed by atoms with Crippen LogP contribution in [0.15, 0.2) is 0 Å². The predicted octanol–water partition coefficient (Wildman–Crippen LogP) is 2.35. The summed E-state index contributed by atoms with van der Waals surface area (Å²) < 4.78 is 7.85. The van der Waals surface area contributed by atoms with Crippen LogP contribution in [0.5, 0.6) is 0 Å². The predicted molar refractivity (Wildman–Crippen MR) is 56.4 cm³/mol. The molecule has 0 spiro atoms. The molecule has 3 nitrogen and oxygen atoms in total. The topological polar surface area (TPSA) is 37.8 Å². The Balaban J connectivity index is 2.38. The lowest BCUT2D eigenvalue weighted by atomic mass is 10.5. The molecular formula is C6H10ClN3S2. The minimum atomic E-state index is 0.466. The number of nitrogens with zero attached hydrogens (tertiary/aromatic N) is 2. The van der Waals surface area contributed by atoms with Crippen LogP contribution >= 0.6 is 35.1 Å². The van der Waals surface area contributed by atoms with Gasteiger partial charge in [0.15, 0.2) is 11.0 Å². The van der Waals surface area contributed by atoms with Crippen molar-refractivity contribution in [3.8, 4) is 0 Å². The van der Waals surface area contributed by atoms with Crippen molar-refractivity contribution in [1.29, 1.82) is 0 Å². The van der Waals surface area contributed by atoms with E-state index in [1.165, 1.54) is 0 Å². The van der Waals surface area contributed by atoms with Gasteiger partial charge in [-0.25, -0.2) is 0 Å². The van der Waals surface area contributed by atoms with E-state index in [0.717, 1.165) is 18.3 Å². The average Bonchev–Trinajstić information content (AvgIpc) is 2.47. The van der Waals surface area contributed by atoms with Crippen molar-refractivity contribution >= 4 is 40.9 Å². The number of nitrogens with one attached hydrogen (secondary N) is 1. The van der Waals surface area contributed by atoms with Gasteiger partial charge >= 0.3 is 0 Å². The van der Waals surface area contributed by atoms with E-state index in [0.29, 0.717) is 16.2 Å². The van der Waals surface area contributed by atoms with Crippen LogP contribution in [0, 0.1) is 0 Å². The second-order valence-corrected chi connectivity index (χ2v) is 4.49. The lowest BCUT2D eigenvalue weighted by molar-refractivity contribution is 0.997. The highest BCUT2D eigenvalue weighted by atomic mass is 35.5. The van der Waals surface area contributed by atoms with Gasteiger partial charge in [-0.15, -0.1) is 0 Å². The van der Waals surface area contributed by atoms with Crippen LogP contribution in [0.25, 0.3) is 0 Å². The van der Waals surface area contributed by atoms with E-state index in [1.54, 1.807) is 11.8 Å².